The Kier molecular flexibility index (Phi) is 11.1. The number of fused-ring (bicyclic) bond motifs is 1. The summed E-state index contributed by atoms with van der Waals surface area (Å²) in [5, 5.41) is 53.8. The number of rotatable bonds is 11. The molecule has 3 aliphatic rings. The predicted octanol–water partition coefficient (Wildman–Crippen LogP) is -3.49. The van der Waals surface area contributed by atoms with Gasteiger partial charge in [-0.15, -0.1) is 10.2 Å². The van der Waals surface area contributed by atoms with Crippen molar-refractivity contribution in [2.75, 3.05) is 18.9 Å². The van der Waals surface area contributed by atoms with E-state index >= 15 is 0 Å². The van der Waals surface area contributed by atoms with Crippen LogP contribution in [-0.4, -0.2) is 137 Å². The number of H-pyrrole nitrogens is 1. The highest BCUT2D eigenvalue weighted by Crippen LogP contribution is 2.60. The Bertz CT molecular complexity index is 1740. The van der Waals surface area contributed by atoms with Gasteiger partial charge in [0.05, 0.1) is 19.5 Å². The van der Waals surface area contributed by atoms with Gasteiger partial charge in [0.2, 0.25) is 5.91 Å². The van der Waals surface area contributed by atoms with Gasteiger partial charge in [-0.2, -0.15) is 9.52 Å². The van der Waals surface area contributed by atoms with Crippen LogP contribution in [0.25, 0.3) is 11.2 Å². The molecule has 27 heteroatoms. The number of nitrogens with one attached hydrogen (secondary N) is 1. The van der Waals surface area contributed by atoms with Gasteiger partial charge in [0.25, 0.3) is 0 Å². The van der Waals surface area contributed by atoms with Crippen LogP contribution < -0.4 is 11.5 Å². The van der Waals surface area contributed by atoms with E-state index in [1.807, 2.05) is 0 Å². The summed E-state index contributed by atoms with van der Waals surface area (Å²) in [6.07, 6.45) is -3.55. The topological polar surface area (TPSA) is 372 Å². The number of nitrogen functional groups attached to an aromatic ring is 1. The molecule has 10 atom stereocenters. The summed E-state index contributed by atoms with van der Waals surface area (Å²) in [4.78, 5) is 44.6. The van der Waals surface area contributed by atoms with Gasteiger partial charge in [-0.05, 0) is 6.42 Å². The van der Waals surface area contributed by atoms with Crippen LogP contribution in [-0.2, 0) is 36.8 Å². The maximum Gasteiger partial charge on any atom is 0.481 e. The smallest absolute Gasteiger partial charge is 0.387 e. The van der Waals surface area contributed by atoms with Crippen molar-refractivity contribution in [3.8, 4) is 0 Å². The number of phosphoric ester groups is 2. The molecule has 2 unspecified atom stereocenters. The largest absolute Gasteiger partial charge is 0.481 e. The van der Waals surface area contributed by atoms with E-state index in [4.69, 9.17) is 30.0 Å². The number of ether oxygens (including phenoxy) is 2. The molecule has 268 valence electrons. The summed E-state index contributed by atoms with van der Waals surface area (Å²) >= 11 is 0. The van der Waals surface area contributed by atoms with Crippen LogP contribution in [0.1, 0.15) is 12.6 Å². The van der Waals surface area contributed by atoms with Crippen LogP contribution in [0.3, 0.4) is 0 Å². The van der Waals surface area contributed by atoms with Gasteiger partial charge < -0.3 is 56.1 Å². The highest BCUT2D eigenvalue weighted by molar-refractivity contribution is 7.61. The van der Waals surface area contributed by atoms with Gasteiger partial charge in [-0.1, -0.05) is 11.3 Å². The fourth-order valence-electron chi connectivity index (χ4n) is 4.81. The first kappa shape index (κ1) is 36.5. The Balaban J connectivity index is 0.000000858. The normalized spacial score (nSPS) is 30.7. The average Bonchev–Trinajstić information content (AvgIpc) is 3.86. The molecule has 11 N–H and O–H groups in total. The van der Waals surface area contributed by atoms with Crippen molar-refractivity contribution in [1.82, 2.24) is 45.0 Å². The van der Waals surface area contributed by atoms with E-state index in [0.717, 1.165) is 6.33 Å². The molecule has 0 aromatic carbocycles. The second-order valence-electron chi connectivity index (χ2n) is 10.4. The second kappa shape index (κ2) is 15.0. The van der Waals surface area contributed by atoms with Crippen LogP contribution in [0.2, 0.25) is 0 Å². The first-order valence-electron chi connectivity index (χ1n) is 13.9. The SMILES string of the molecule is NC(=O)C1=CN([C@@H]2O[C@H](COP(=O)(O)OP(=O)(O)OC[C@H]3O[C@@H](n4cnc5c(N)ncnc54)[C@H](O)[C@@H]3O)[C@@H](O)[C@H]2O)C=CC1.c1nn[nH]n1. The zero-order chi connectivity index (χ0) is 35.5. The van der Waals surface area contributed by atoms with E-state index in [2.05, 4.69) is 39.9 Å². The lowest BCUT2D eigenvalue weighted by atomic mass is 10.1. The number of amides is 1. The number of hydrogen-bond donors (Lipinski definition) is 9. The van der Waals surface area contributed by atoms with E-state index in [1.165, 1.54) is 34.5 Å². The van der Waals surface area contributed by atoms with Crippen molar-refractivity contribution in [2.24, 2.45) is 5.73 Å². The van der Waals surface area contributed by atoms with E-state index in [-0.39, 0.29) is 29.0 Å². The Morgan fingerprint density at radius 2 is 1.59 bits per heavy atom. The number of carbonyl (C=O) groups excluding carboxylic acids is 1. The van der Waals surface area contributed by atoms with Crippen LogP contribution in [0.15, 0.2) is 43.0 Å². The highest BCUT2D eigenvalue weighted by atomic mass is 31.3. The molecule has 3 aromatic rings. The Morgan fingerprint density at radius 1 is 0.959 bits per heavy atom. The number of primary amides is 1. The molecular formula is C22H31N11O14P2. The molecule has 49 heavy (non-hydrogen) atoms. The first-order chi connectivity index (χ1) is 23.2. The number of tetrazole rings is 1. The number of allylic oxidation sites excluding steroid dienone is 1. The summed E-state index contributed by atoms with van der Waals surface area (Å²) in [5.41, 5.74) is 11.6. The molecule has 0 saturated carbocycles. The van der Waals surface area contributed by atoms with E-state index in [9.17, 15) is 44.1 Å². The third kappa shape index (κ3) is 8.50. The lowest BCUT2D eigenvalue weighted by Crippen LogP contribution is -2.40. The van der Waals surface area contributed by atoms with Crippen molar-refractivity contribution in [3.05, 3.63) is 43.0 Å². The number of aromatic amines is 1. The number of anilines is 1. The monoisotopic (exact) mass is 735 g/mol. The standard InChI is InChI=1S/C21H29N7O14P2.CH2N4/c22-17-12-19(25-7-24-17)28(8-26-12)21-16(32)14(30)11(41-21)6-39-44(36,37)42-43(34,35)38-5-10-13(29)15(31)20(40-10)27-3-1-2-9(4-27)18(23)33;1-2-4-5-3-1/h1,3-4,7-8,10-11,13-16,20-21,29-32H,2,5-6H2,(H2,23,33)(H,34,35)(H,36,37)(H2,22,24,25);1H,(H,2,3,4,5)/t10-,11-,13-,14-,15-,16-,20-,21-;/m1./s1. The molecule has 2 fully saturated rings. The Morgan fingerprint density at radius 3 is 2.16 bits per heavy atom. The van der Waals surface area contributed by atoms with Crippen molar-refractivity contribution < 1.29 is 67.0 Å². The van der Waals surface area contributed by atoms with Crippen LogP contribution in [0.4, 0.5) is 5.82 Å². The number of nitrogens with zero attached hydrogens (tertiary/aromatic N) is 8. The van der Waals surface area contributed by atoms with E-state index in [0.29, 0.717) is 0 Å². The van der Waals surface area contributed by atoms with Gasteiger partial charge >= 0.3 is 15.6 Å². The number of hydrogen-bond acceptors (Lipinski definition) is 20. The molecule has 1 amide bonds. The van der Waals surface area contributed by atoms with Crippen LogP contribution in [0, 0.1) is 0 Å². The second-order valence-corrected chi connectivity index (χ2v) is 13.4. The molecule has 0 bridgehead atoms. The maximum atomic E-state index is 12.4. The molecular weight excluding hydrogens is 704 g/mol. The first-order valence-corrected chi connectivity index (χ1v) is 16.9. The summed E-state index contributed by atoms with van der Waals surface area (Å²) in [6, 6.07) is 0. The van der Waals surface area contributed by atoms with Crippen molar-refractivity contribution in [1.29, 1.82) is 0 Å². The lowest BCUT2D eigenvalue weighted by molar-refractivity contribution is -0.115. The van der Waals surface area contributed by atoms with Gasteiger partial charge in [0, 0.05) is 18.0 Å². The third-order valence-corrected chi connectivity index (χ3v) is 9.75. The number of imidazole rings is 1. The molecule has 6 rings (SSSR count). The zero-order valence-electron chi connectivity index (χ0n) is 24.8. The number of nitrogens with two attached hydrogens (primary N) is 2. The van der Waals surface area contributed by atoms with Crippen LogP contribution >= 0.6 is 15.6 Å². The molecule has 0 aliphatic carbocycles. The number of aliphatic hydroxyl groups is 4. The Hall–Kier alpha value is -3.81. The number of aliphatic hydroxyl groups excluding tert-OH is 4. The van der Waals surface area contributed by atoms with Crippen molar-refractivity contribution >= 4 is 38.5 Å². The molecule has 2 saturated heterocycles. The Labute approximate surface area is 274 Å². The zero-order valence-corrected chi connectivity index (χ0v) is 26.6. The molecule has 3 aliphatic heterocycles. The lowest BCUT2D eigenvalue weighted by Gasteiger charge is -2.28. The van der Waals surface area contributed by atoms with Gasteiger partial charge in [0.15, 0.2) is 30.2 Å². The van der Waals surface area contributed by atoms with Gasteiger partial charge in [-0.25, -0.2) is 24.1 Å². The molecule has 0 spiro atoms. The average molecular weight is 736 g/mol. The highest BCUT2D eigenvalue weighted by Gasteiger charge is 2.48. The quantitative estimate of drug-likeness (QED) is 0.0863. The van der Waals surface area contributed by atoms with E-state index < -0.39 is 83.8 Å². The maximum absolute atomic E-state index is 12.4. The summed E-state index contributed by atoms with van der Waals surface area (Å²) < 4.78 is 50.8. The molecule has 0 radical (unpaired) electrons. The number of carbonyl (C=O) groups is 1. The summed E-state index contributed by atoms with van der Waals surface area (Å²) in [5.74, 6) is -0.658. The fourth-order valence-corrected chi connectivity index (χ4v) is 6.90. The van der Waals surface area contributed by atoms with Gasteiger partial charge in [-0.3, -0.25) is 18.4 Å². The van der Waals surface area contributed by atoms with Crippen molar-refractivity contribution in [3.63, 3.8) is 0 Å². The third-order valence-electron chi connectivity index (χ3n) is 7.15. The minimum absolute atomic E-state index is 0.0517. The molecule has 25 nitrogen and oxygen atoms in total. The van der Waals surface area contributed by atoms with E-state index in [1.54, 1.807) is 6.08 Å². The predicted molar refractivity (Wildman–Crippen MR) is 156 cm³/mol. The van der Waals surface area contributed by atoms with Crippen molar-refractivity contribution in [2.45, 2.75) is 55.5 Å². The summed E-state index contributed by atoms with van der Waals surface area (Å²) in [6.45, 7) is -1.79. The number of phosphoric acid groups is 2. The molecule has 6 heterocycles. The van der Waals surface area contributed by atoms with Gasteiger partial charge in [0.1, 0.15) is 48.5 Å². The summed E-state index contributed by atoms with van der Waals surface area (Å²) in [7, 11) is -10.7. The number of aromatic nitrogens is 8. The fraction of sp³-hybridized carbons (Fsp3) is 0.500. The molecule has 3 aromatic heterocycles. The minimum atomic E-state index is -5.37. The van der Waals surface area contributed by atoms with Crippen LogP contribution in [0.5, 0.6) is 0 Å². The minimum Gasteiger partial charge on any atom is -0.387 e.